The summed E-state index contributed by atoms with van der Waals surface area (Å²) < 4.78 is 37.1. The fraction of sp³-hybridized carbons (Fsp3) is 0.0714. The van der Waals surface area contributed by atoms with E-state index >= 15 is 0 Å². The Morgan fingerprint density at radius 3 is 2.42 bits per heavy atom. The first-order chi connectivity index (χ1) is 8.97. The number of allylic oxidation sites excluding steroid dienone is 1. The van der Waals surface area contributed by atoms with Gasteiger partial charge >= 0.3 is 0 Å². The second-order valence-corrected chi connectivity index (χ2v) is 3.94. The third kappa shape index (κ3) is 2.93. The molecule has 2 rings (SSSR count). The Hall–Kier alpha value is -2.30. The van der Waals surface area contributed by atoms with Crippen LogP contribution in [0, 0.1) is 5.82 Å². The van der Waals surface area contributed by atoms with E-state index < -0.39 is 23.8 Å². The summed E-state index contributed by atoms with van der Waals surface area (Å²) in [4.78, 5) is 10.8. The van der Waals surface area contributed by atoms with Crippen molar-refractivity contribution in [2.45, 2.75) is 6.43 Å². The Labute approximate surface area is 106 Å². The van der Waals surface area contributed by atoms with Gasteiger partial charge in [0.25, 0.3) is 6.43 Å². The van der Waals surface area contributed by atoms with E-state index in [1.165, 1.54) is 36.4 Å². The zero-order chi connectivity index (χ0) is 14.0. The Morgan fingerprint density at radius 1 is 1.11 bits per heavy atom. The van der Waals surface area contributed by atoms with Crippen LogP contribution in [-0.4, -0.2) is 17.3 Å². The summed E-state index contributed by atoms with van der Waals surface area (Å²) in [5, 5.41) is 10.8. The van der Waals surface area contributed by atoms with Gasteiger partial charge in [0, 0.05) is 11.6 Å². The van der Waals surface area contributed by atoms with Crippen molar-refractivity contribution < 1.29 is 23.1 Å². The van der Waals surface area contributed by atoms with Gasteiger partial charge < -0.3 is 5.11 Å². The lowest BCUT2D eigenvalue weighted by atomic mass is 10.1. The number of hydrogen-bond acceptors (Lipinski definition) is 2. The van der Waals surface area contributed by atoms with Gasteiger partial charge in [-0.1, -0.05) is 18.2 Å². The third-order valence-electron chi connectivity index (χ3n) is 2.59. The van der Waals surface area contributed by atoms with Gasteiger partial charge in [-0.05, 0) is 29.0 Å². The summed E-state index contributed by atoms with van der Waals surface area (Å²) in [6, 6.07) is 8.49. The van der Waals surface area contributed by atoms with Gasteiger partial charge in [0.15, 0.2) is 0 Å². The van der Waals surface area contributed by atoms with Crippen LogP contribution in [-0.2, 0) is 4.79 Å². The molecule has 0 aliphatic rings. The Balaban J connectivity index is 2.41. The summed E-state index contributed by atoms with van der Waals surface area (Å²) in [5.74, 6) is -2.40. The molecule has 0 unspecified atom stereocenters. The number of carbonyl (C=O) groups is 1. The minimum Gasteiger partial charge on any atom is -0.507 e. The van der Waals surface area contributed by atoms with Gasteiger partial charge in [0.05, 0.1) is 0 Å². The van der Waals surface area contributed by atoms with Crippen molar-refractivity contribution in [3.05, 3.63) is 53.9 Å². The molecule has 98 valence electrons. The van der Waals surface area contributed by atoms with Crippen molar-refractivity contribution in [1.29, 1.82) is 0 Å². The van der Waals surface area contributed by atoms with Crippen molar-refractivity contribution in [2.75, 3.05) is 0 Å². The first-order valence-electron chi connectivity index (χ1n) is 5.40. The molecule has 1 N–H and O–H groups in total. The molecule has 2 aromatic rings. The third-order valence-corrected chi connectivity index (χ3v) is 2.59. The molecule has 0 atom stereocenters. The van der Waals surface area contributed by atoms with Crippen LogP contribution >= 0.6 is 0 Å². The predicted octanol–water partition coefficient (Wildman–Crippen LogP) is 3.71. The number of hydrogen-bond donors (Lipinski definition) is 1. The number of ketones is 1. The fourth-order valence-electron chi connectivity index (χ4n) is 1.66. The molecule has 0 amide bonds. The normalized spacial score (nSPS) is 12.1. The Bertz CT molecular complexity index is 663. The van der Waals surface area contributed by atoms with E-state index in [0.29, 0.717) is 16.8 Å². The molecule has 0 radical (unpaired) electrons. The summed E-state index contributed by atoms with van der Waals surface area (Å²) in [5.41, 5.74) is 0.216. The molecule has 0 aliphatic heterocycles. The van der Waals surface area contributed by atoms with E-state index in [9.17, 15) is 23.1 Å². The highest BCUT2D eigenvalue weighted by atomic mass is 19.3. The Kier molecular flexibility index (Phi) is 3.55. The van der Waals surface area contributed by atoms with Crippen molar-refractivity contribution in [3.63, 3.8) is 0 Å². The number of aliphatic hydroxyl groups is 1. The van der Waals surface area contributed by atoms with Crippen LogP contribution in [0.1, 0.15) is 5.56 Å². The number of rotatable bonds is 3. The fourth-order valence-corrected chi connectivity index (χ4v) is 1.66. The SMILES string of the molecule is O=C(/C=C(\O)c1ccc2cc(F)ccc2c1)C(F)F. The topological polar surface area (TPSA) is 37.3 Å². The first kappa shape index (κ1) is 13.1. The molecule has 0 spiro atoms. The largest absolute Gasteiger partial charge is 0.507 e. The predicted molar refractivity (Wildman–Crippen MR) is 65.5 cm³/mol. The molecular weight excluding hydrogens is 257 g/mol. The van der Waals surface area contributed by atoms with Crippen molar-refractivity contribution in [2.24, 2.45) is 0 Å². The minimum atomic E-state index is -3.16. The molecule has 0 aromatic heterocycles. The van der Waals surface area contributed by atoms with Crippen molar-refractivity contribution >= 4 is 22.3 Å². The van der Waals surface area contributed by atoms with Crippen LogP contribution in [0.25, 0.3) is 16.5 Å². The summed E-state index contributed by atoms with van der Waals surface area (Å²) in [7, 11) is 0. The van der Waals surface area contributed by atoms with Crippen LogP contribution in [0.4, 0.5) is 13.2 Å². The zero-order valence-electron chi connectivity index (χ0n) is 9.61. The second kappa shape index (κ2) is 5.14. The first-order valence-corrected chi connectivity index (χ1v) is 5.40. The average Bonchev–Trinajstić information content (AvgIpc) is 2.37. The maximum Gasteiger partial charge on any atom is 0.300 e. The van der Waals surface area contributed by atoms with Gasteiger partial charge in [-0.2, -0.15) is 0 Å². The van der Waals surface area contributed by atoms with Gasteiger partial charge in [0.2, 0.25) is 5.78 Å². The van der Waals surface area contributed by atoms with Crippen molar-refractivity contribution in [1.82, 2.24) is 0 Å². The molecule has 0 saturated heterocycles. The van der Waals surface area contributed by atoms with E-state index in [-0.39, 0.29) is 5.56 Å². The van der Waals surface area contributed by atoms with E-state index in [4.69, 9.17) is 0 Å². The maximum absolute atomic E-state index is 13.0. The quantitative estimate of drug-likeness (QED) is 0.679. The number of benzene rings is 2. The molecule has 0 saturated carbocycles. The standard InChI is InChI=1S/C14H9F3O2/c15-11-4-3-8-5-10(2-1-9(8)6-11)12(18)7-13(19)14(16)17/h1-7,14,18H/b12-7-. The highest BCUT2D eigenvalue weighted by molar-refractivity contribution is 5.98. The van der Waals surface area contributed by atoms with Gasteiger partial charge in [-0.15, -0.1) is 0 Å². The molecule has 5 heteroatoms. The molecule has 0 heterocycles. The lowest BCUT2D eigenvalue weighted by molar-refractivity contribution is -0.124. The van der Waals surface area contributed by atoms with Crippen LogP contribution in [0.2, 0.25) is 0 Å². The average molecular weight is 266 g/mol. The van der Waals surface area contributed by atoms with Gasteiger partial charge in [-0.3, -0.25) is 4.79 Å². The monoisotopic (exact) mass is 266 g/mol. The number of halogens is 3. The van der Waals surface area contributed by atoms with Crippen LogP contribution in [0.3, 0.4) is 0 Å². The maximum atomic E-state index is 13.0. The highest BCUT2D eigenvalue weighted by Gasteiger charge is 2.14. The summed E-state index contributed by atoms with van der Waals surface area (Å²) >= 11 is 0. The molecule has 19 heavy (non-hydrogen) atoms. The molecule has 0 aliphatic carbocycles. The lowest BCUT2D eigenvalue weighted by Gasteiger charge is -2.03. The number of alkyl halides is 2. The van der Waals surface area contributed by atoms with Crippen LogP contribution in [0.15, 0.2) is 42.5 Å². The zero-order valence-corrected chi connectivity index (χ0v) is 9.61. The molecule has 0 fully saturated rings. The number of aliphatic hydroxyl groups excluding tert-OH is 1. The van der Waals surface area contributed by atoms with Crippen LogP contribution in [0.5, 0.6) is 0 Å². The van der Waals surface area contributed by atoms with E-state index in [0.717, 1.165) is 0 Å². The molecular formula is C14H9F3O2. The van der Waals surface area contributed by atoms with Gasteiger partial charge in [-0.25, -0.2) is 13.2 Å². The molecule has 2 aromatic carbocycles. The van der Waals surface area contributed by atoms with E-state index in [1.54, 1.807) is 0 Å². The lowest BCUT2D eigenvalue weighted by Crippen LogP contribution is -2.06. The number of carbonyl (C=O) groups excluding carboxylic acids is 1. The summed E-state index contributed by atoms with van der Waals surface area (Å²) in [6.07, 6.45) is -2.67. The van der Waals surface area contributed by atoms with Crippen molar-refractivity contribution in [3.8, 4) is 0 Å². The molecule has 2 nitrogen and oxygen atoms in total. The number of fused-ring (bicyclic) bond motifs is 1. The van der Waals surface area contributed by atoms with E-state index in [2.05, 4.69) is 0 Å². The second-order valence-electron chi connectivity index (χ2n) is 3.94. The highest BCUT2D eigenvalue weighted by Crippen LogP contribution is 2.21. The minimum absolute atomic E-state index is 0.216. The Morgan fingerprint density at radius 2 is 1.74 bits per heavy atom. The van der Waals surface area contributed by atoms with Crippen LogP contribution < -0.4 is 0 Å². The molecule has 0 bridgehead atoms. The van der Waals surface area contributed by atoms with Gasteiger partial charge in [0.1, 0.15) is 11.6 Å². The summed E-state index contributed by atoms with van der Waals surface area (Å²) in [6.45, 7) is 0. The van der Waals surface area contributed by atoms with E-state index in [1.807, 2.05) is 0 Å². The smallest absolute Gasteiger partial charge is 0.300 e.